The highest BCUT2D eigenvalue weighted by atomic mass is 16.5. The first-order valence-electron chi connectivity index (χ1n) is 6.34. The SMILES string of the molecule is CCCn1nncc1-c1cc(N)nc(COCC)n1. The van der Waals surface area contributed by atoms with Gasteiger partial charge >= 0.3 is 0 Å². The van der Waals surface area contributed by atoms with Gasteiger partial charge in [0.2, 0.25) is 0 Å². The van der Waals surface area contributed by atoms with E-state index >= 15 is 0 Å². The standard InChI is InChI=1S/C12H18N6O/c1-3-5-18-10(7-14-17-18)9-6-11(13)16-12(15-9)8-19-4-2/h6-7H,3-5,8H2,1-2H3,(H2,13,15,16). The Balaban J connectivity index is 2.32. The van der Waals surface area contributed by atoms with Crippen LogP contribution in [0.2, 0.25) is 0 Å². The smallest absolute Gasteiger partial charge is 0.157 e. The van der Waals surface area contributed by atoms with E-state index in [9.17, 15) is 0 Å². The average Bonchev–Trinajstić information content (AvgIpc) is 2.84. The summed E-state index contributed by atoms with van der Waals surface area (Å²) in [7, 11) is 0. The molecule has 0 fully saturated rings. The molecule has 2 heterocycles. The van der Waals surface area contributed by atoms with E-state index in [1.54, 1.807) is 12.3 Å². The van der Waals surface area contributed by atoms with Crippen molar-refractivity contribution < 1.29 is 4.74 Å². The molecule has 2 rings (SSSR count). The Bertz CT molecular complexity index is 539. The third-order valence-electron chi connectivity index (χ3n) is 2.54. The summed E-state index contributed by atoms with van der Waals surface area (Å²) in [5.74, 6) is 0.991. The van der Waals surface area contributed by atoms with Crippen molar-refractivity contribution in [3.8, 4) is 11.4 Å². The minimum atomic E-state index is 0.351. The number of aryl methyl sites for hydroxylation is 1. The number of rotatable bonds is 6. The fourth-order valence-electron chi connectivity index (χ4n) is 1.74. The molecule has 19 heavy (non-hydrogen) atoms. The van der Waals surface area contributed by atoms with E-state index in [0.717, 1.165) is 24.4 Å². The van der Waals surface area contributed by atoms with Crippen LogP contribution in [-0.4, -0.2) is 31.6 Å². The van der Waals surface area contributed by atoms with Crippen LogP contribution in [0, 0.1) is 0 Å². The molecular weight excluding hydrogens is 244 g/mol. The van der Waals surface area contributed by atoms with E-state index in [4.69, 9.17) is 10.5 Å². The molecule has 0 aliphatic heterocycles. The molecule has 0 aliphatic rings. The van der Waals surface area contributed by atoms with Crippen LogP contribution < -0.4 is 5.73 Å². The Hall–Kier alpha value is -2.02. The lowest BCUT2D eigenvalue weighted by atomic mass is 10.3. The highest BCUT2D eigenvalue weighted by molar-refractivity contribution is 5.56. The highest BCUT2D eigenvalue weighted by Gasteiger charge is 2.10. The second-order valence-corrected chi connectivity index (χ2v) is 4.07. The van der Waals surface area contributed by atoms with Crippen molar-refractivity contribution in [3.63, 3.8) is 0 Å². The van der Waals surface area contributed by atoms with Gasteiger partial charge in [-0.2, -0.15) is 0 Å². The van der Waals surface area contributed by atoms with Crippen molar-refractivity contribution in [2.24, 2.45) is 0 Å². The number of nitrogen functional groups attached to an aromatic ring is 1. The highest BCUT2D eigenvalue weighted by Crippen LogP contribution is 2.18. The van der Waals surface area contributed by atoms with Crippen molar-refractivity contribution >= 4 is 5.82 Å². The van der Waals surface area contributed by atoms with Crippen LogP contribution in [0.3, 0.4) is 0 Å². The van der Waals surface area contributed by atoms with E-state index in [2.05, 4.69) is 27.2 Å². The summed E-state index contributed by atoms with van der Waals surface area (Å²) in [6.07, 6.45) is 2.66. The zero-order valence-corrected chi connectivity index (χ0v) is 11.2. The van der Waals surface area contributed by atoms with Gasteiger partial charge in [0.15, 0.2) is 5.82 Å². The van der Waals surface area contributed by atoms with Crippen LogP contribution in [0.15, 0.2) is 12.3 Å². The fourth-order valence-corrected chi connectivity index (χ4v) is 1.74. The monoisotopic (exact) mass is 262 g/mol. The largest absolute Gasteiger partial charge is 0.384 e. The Morgan fingerprint density at radius 2 is 2.16 bits per heavy atom. The van der Waals surface area contributed by atoms with Crippen LogP contribution in [0.5, 0.6) is 0 Å². The molecule has 0 saturated heterocycles. The second kappa shape index (κ2) is 6.24. The third kappa shape index (κ3) is 3.25. The second-order valence-electron chi connectivity index (χ2n) is 4.07. The van der Waals surface area contributed by atoms with Gasteiger partial charge < -0.3 is 10.5 Å². The Labute approximate surface area is 111 Å². The third-order valence-corrected chi connectivity index (χ3v) is 2.54. The van der Waals surface area contributed by atoms with Crippen LogP contribution in [0.4, 0.5) is 5.82 Å². The molecule has 2 aromatic rings. The summed E-state index contributed by atoms with van der Waals surface area (Å²) in [6.45, 7) is 5.76. The lowest BCUT2D eigenvalue weighted by molar-refractivity contribution is 0.128. The topological polar surface area (TPSA) is 91.7 Å². The fraction of sp³-hybridized carbons (Fsp3) is 0.500. The van der Waals surface area contributed by atoms with E-state index in [0.29, 0.717) is 24.9 Å². The van der Waals surface area contributed by atoms with Crippen molar-refractivity contribution in [1.29, 1.82) is 0 Å². The summed E-state index contributed by atoms with van der Waals surface area (Å²) in [5, 5.41) is 7.96. The van der Waals surface area contributed by atoms with Gasteiger partial charge in [-0.1, -0.05) is 12.1 Å². The van der Waals surface area contributed by atoms with Gasteiger partial charge in [-0.05, 0) is 13.3 Å². The molecule has 2 N–H and O–H groups in total. The molecule has 0 aliphatic carbocycles. The first kappa shape index (κ1) is 13.4. The molecule has 0 atom stereocenters. The van der Waals surface area contributed by atoms with Gasteiger partial charge in [-0.3, -0.25) is 0 Å². The lowest BCUT2D eigenvalue weighted by Crippen LogP contribution is -2.07. The maximum atomic E-state index is 5.80. The molecule has 0 unspecified atom stereocenters. The molecule has 0 bridgehead atoms. The molecule has 0 aromatic carbocycles. The van der Waals surface area contributed by atoms with Crippen molar-refractivity contribution in [3.05, 3.63) is 18.1 Å². The van der Waals surface area contributed by atoms with Gasteiger partial charge in [0, 0.05) is 19.2 Å². The summed E-state index contributed by atoms with van der Waals surface area (Å²) >= 11 is 0. The van der Waals surface area contributed by atoms with Crippen molar-refractivity contribution in [1.82, 2.24) is 25.0 Å². The molecule has 7 nitrogen and oxygen atoms in total. The number of hydrogen-bond donors (Lipinski definition) is 1. The van der Waals surface area contributed by atoms with Gasteiger partial charge in [0.1, 0.15) is 18.1 Å². The van der Waals surface area contributed by atoms with Crippen LogP contribution in [0.25, 0.3) is 11.4 Å². The molecule has 0 spiro atoms. The quantitative estimate of drug-likeness (QED) is 0.842. The molecule has 102 valence electrons. The lowest BCUT2D eigenvalue weighted by Gasteiger charge is -2.07. The predicted octanol–water partition coefficient (Wildman–Crippen LogP) is 1.26. The number of ether oxygens (including phenoxy) is 1. The zero-order chi connectivity index (χ0) is 13.7. The first-order valence-corrected chi connectivity index (χ1v) is 6.34. The van der Waals surface area contributed by atoms with E-state index in [1.807, 2.05) is 11.6 Å². The number of nitrogens with zero attached hydrogens (tertiary/aromatic N) is 5. The van der Waals surface area contributed by atoms with Gasteiger partial charge in [0.05, 0.1) is 11.9 Å². The number of hydrogen-bond acceptors (Lipinski definition) is 6. The summed E-state index contributed by atoms with van der Waals surface area (Å²) in [6, 6.07) is 1.72. The summed E-state index contributed by atoms with van der Waals surface area (Å²) in [4.78, 5) is 8.59. The van der Waals surface area contributed by atoms with Gasteiger partial charge in [0.25, 0.3) is 0 Å². The summed E-state index contributed by atoms with van der Waals surface area (Å²) in [5.41, 5.74) is 7.37. The van der Waals surface area contributed by atoms with E-state index in [-0.39, 0.29) is 0 Å². The Morgan fingerprint density at radius 1 is 1.32 bits per heavy atom. The molecule has 0 saturated carbocycles. The van der Waals surface area contributed by atoms with Crippen LogP contribution in [-0.2, 0) is 17.9 Å². The van der Waals surface area contributed by atoms with E-state index in [1.165, 1.54) is 0 Å². The Kier molecular flexibility index (Phi) is 4.40. The van der Waals surface area contributed by atoms with Crippen molar-refractivity contribution in [2.75, 3.05) is 12.3 Å². The molecular formula is C12H18N6O. The van der Waals surface area contributed by atoms with Crippen molar-refractivity contribution in [2.45, 2.75) is 33.4 Å². The maximum Gasteiger partial charge on any atom is 0.157 e. The van der Waals surface area contributed by atoms with Crippen LogP contribution >= 0.6 is 0 Å². The zero-order valence-electron chi connectivity index (χ0n) is 11.2. The first-order chi connectivity index (χ1) is 9.24. The molecule has 2 aromatic heterocycles. The number of aromatic nitrogens is 5. The van der Waals surface area contributed by atoms with Gasteiger partial charge in [-0.25, -0.2) is 14.6 Å². The minimum Gasteiger partial charge on any atom is -0.384 e. The average molecular weight is 262 g/mol. The minimum absolute atomic E-state index is 0.351. The molecule has 7 heteroatoms. The van der Waals surface area contributed by atoms with E-state index < -0.39 is 0 Å². The summed E-state index contributed by atoms with van der Waals surface area (Å²) < 4.78 is 7.12. The van der Waals surface area contributed by atoms with Gasteiger partial charge in [-0.15, -0.1) is 5.10 Å². The number of anilines is 1. The predicted molar refractivity (Wildman–Crippen MR) is 71.1 cm³/mol. The Morgan fingerprint density at radius 3 is 2.89 bits per heavy atom. The normalized spacial score (nSPS) is 10.8. The maximum absolute atomic E-state index is 5.80. The molecule has 0 radical (unpaired) electrons. The number of nitrogens with two attached hydrogens (primary N) is 1. The van der Waals surface area contributed by atoms with Crippen LogP contribution in [0.1, 0.15) is 26.1 Å². The molecule has 0 amide bonds.